The zero-order valence-corrected chi connectivity index (χ0v) is 10.8. The van der Waals surface area contributed by atoms with Gasteiger partial charge in [-0.05, 0) is 32.4 Å². The summed E-state index contributed by atoms with van der Waals surface area (Å²) < 4.78 is 5.26. The van der Waals surface area contributed by atoms with Crippen molar-refractivity contribution in [2.75, 3.05) is 7.11 Å². The number of carbonyl (C=O) groups is 1. The second kappa shape index (κ2) is 6.09. The lowest BCUT2D eigenvalue weighted by Gasteiger charge is -2.09. The second-order valence-electron chi connectivity index (χ2n) is 4.19. The van der Waals surface area contributed by atoms with Gasteiger partial charge in [0.05, 0.1) is 7.11 Å². The molecule has 3 nitrogen and oxygen atoms in total. The molecule has 0 spiro atoms. The predicted octanol–water partition coefficient (Wildman–Crippen LogP) is 2.62. The van der Waals surface area contributed by atoms with E-state index in [-0.39, 0.29) is 11.9 Å². The molecule has 0 aliphatic heterocycles. The second-order valence-corrected chi connectivity index (χ2v) is 4.19. The summed E-state index contributed by atoms with van der Waals surface area (Å²) in [5, 5.41) is 2.82. The smallest absolute Gasteiger partial charge is 0.244 e. The molecule has 0 aromatic heterocycles. The Kier molecular flexibility index (Phi) is 4.76. The largest absolute Gasteiger partial charge is 0.496 e. The molecule has 1 aromatic rings. The highest BCUT2D eigenvalue weighted by Gasteiger charge is 2.06. The molecular formula is C14H19NO2. The lowest BCUT2D eigenvalue weighted by molar-refractivity contribution is -0.116. The van der Waals surface area contributed by atoms with Gasteiger partial charge in [0, 0.05) is 17.7 Å². The summed E-state index contributed by atoms with van der Waals surface area (Å²) in [6.07, 6.45) is 1.60. The van der Waals surface area contributed by atoms with Crippen LogP contribution in [0.2, 0.25) is 0 Å². The van der Waals surface area contributed by atoms with Crippen LogP contribution in [0.5, 0.6) is 5.75 Å². The summed E-state index contributed by atoms with van der Waals surface area (Å²) in [6.45, 7) is 5.77. The number of carbonyl (C=O) groups excluding carboxylic acids is 1. The summed E-state index contributed by atoms with van der Waals surface area (Å²) in [4.78, 5) is 11.6. The third-order valence-electron chi connectivity index (χ3n) is 2.31. The minimum Gasteiger partial charge on any atom is -0.496 e. The zero-order chi connectivity index (χ0) is 12.8. The van der Waals surface area contributed by atoms with Gasteiger partial charge in [-0.1, -0.05) is 18.2 Å². The standard InChI is InChI=1S/C14H19NO2/c1-10(2)15-14(16)9-11(3)12-7-5-6-8-13(12)17-4/h5-10H,1-4H3,(H,15,16). The Balaban J connectivity index is 2.91. The lowest BCUT2D eigenvalue weighted by atomic mass is 10.1. The van der Waals surface area contributed by atoms with Crippen LogP contribution in [0.1, 0.15) is 26.3 Å². The van der Waals surface area contributed by atoms with E-state index in [2.05, 4.69) is 5.32 Å². The van der Waals surface area contributed by atoms with Gasteiger partial charge in [-0.3, -0.25) is 4.79 Å². The number of amides is 1. The van der Waals surface area contributed by atoms with Crippen LogP contribution in [-0.4, -0.2) is 19.1 Å². The monoisotopic (exact) mass is 233 g/mol. The molecule has 0 saturated carbocycles. The minimum absolute atomic E-state index is 0.0802. The summed E-state index contributed by atoms with van der Waals surface area (Å²) in [7, 11) is 1.63. The fourth-order valence-electron chi connectivity index (χ4n) is 1.57. The lowest BCUT2D eigenvalue weighted by Crippen LogP contribution is -2.28. The van der Waals surface area contributed by atoms with E-state index in [0.29, 0.717) is 0 Å². The number of allylic oxidation sites excluding steroid dienone is 1. The first-order chi connectivity index (χ1) is 8.04. The SMILES string of the molecule is COc1ccccc1C(C)=CC(=O)NC(C)C. The van der Waals surface area contributed by atoms with E-state index in [4.69, 9.17) is 4.74 Å². The number of ether oxygens (including phenoxy) is 1. The van der Waals surface area contributed by atoms with E-state index in [9.17, 15) is 4.79 Å². The summed E-state index contributed by atoms with van der Waals surface area (Å²) >= 11 is 0. The molecule has 3 heteroatoms. The van der Waals surface area contributed by atoms with Crippen molar-refractivity contribution >= 4 is 11.5 Å². The van der Waals surface area contributed by atoms with Gasteiger partial charge in [-0.25, -0.2) is 0 Å². The topological polar surface area (TPSA) is 38.3 Å². The van der Waals surface area contributed by atoms with Crippen molar-refractivity contribution in [2.45, 2.75) is 26.8 Å². The Hall–Kier alpha value is -1.77. The van der Waals surface area contributed by atoms with E-state index in [1.165, 1.54) is 0 Å². The number of benzene rings is 1. The van der Waals surface area contributed by atoms with Gasteiger partial charge in [-0.2, -0.15) is 0 Å². The van der Waals surface area contributed by atoms with Gasteiger partial charge < -0.3 is 10.1 Å². The van der Waals surface area contributed by atoms with Gasteiger partial charge in [0.1, 0.15) is 5.75 Å². The van der Waals surface area contributed by atoms with Gasteiger partial charge in [-0.15, -0.1) is 0 Å². The van der Waals surface area contributed by atoms with E-state index < -0.39 is 0 Å². The third-order valence-corrected chi connectivity index (χ3v) is 2.31. The molecule has 0 bridgehead atoms. The van der Waals surface area contributed by atoms with Crippen molar-refractivity contribution in [3.05, 3.63) is 35.9 Å². The zero-order valence-electron chi connectivity index (χ0n) is 10.8. The Morgan fingerprint density at radius 1 is 1.35 bits per heavy atom. The molecule has 1 rings (SSSR count). The van der Waals surface area contributed by atoms with Crippen LogP contribution in [-0.2, 0) is 4.79 Å². The number of hydrogen-bond acceptors (Lipinski definition) is 2. The first kappa shape index (κ1) is 13.3. The molecule has 0 aliphatic rings. The van der Waals surface area contributed by atoms with Crippen molar-refractivity contribution < 1.29 is 9.53 Å². The Morgan fingerprint density at radius 3 is 2.59 bits per heavy atom. The predicted molar refractivity (Wildman–Crippen MR) is 69.9 cm³/mol. The molecule has 1 N–H and O–H groups in total. The van der Waals surface area contributed by atoms with E-state index in [1.807, 2.05) is 45.0 Å². The molecule has 0 heterocycles. The van der Waals surface area contributed by atoms with Crippen LogP contribution in [0.15, 0.2) is 30.3 Å². The maximum atomic E-state index is 11.6. The van der Waals surface area contributed by atoms with Gasteiger partial charge >= 0.3 is 0 Å². The number of rotatable bonds is 4. The first-order valence-electron chi connectivity index (χ1n) is 5.66. The van der Waals surface area contributed by atoms with Gasteiger partial charge in [0.2, 0.25) is 5.91 Å². The van der Waals surface area contributed by atoms with Crippen molar-refractivity contribution in [3.8, 4) is 5.75 Å². The highest BCUT2D eigenvalue weighted by Crippen LogP contribution is 2.24. The molecule has 0 atom stereocenters. The van der Waals surface area contributed by atoms with Crippen LogP contribution in [0, 0.1) is 0 Å². The third kappa shape index (κ3) is 3.94. The van der Waals surface area contributed by atoms with E-state index >= 15 is 0 Å². The minimum atomic E-state index is -0.0802. The molecule has 0 radical (unpaired) electrons. The molecular weight excluding hydrogens is 214 g/mol. The van der Waals surface area contributed by atoms with Crippen LogP contribution in [0.3, 0.4) is 0 Å². The van der Waals surface area contributed by atoms with E-state index in [0.717, 1.165) is 16.9 Å². The molecule has 17 heavy (non-hydrogen) atoms. The molecule has 1 aromatic carbocycles. The quantitative estimate of drug-likeness (QED) is 0.812. The van der Waals surface area contributed by atoms with E-state index in [1.54, 1.807) is 13.2 Å². The number of para-hydroxylation sites is 1. The average Bonchev–Trinajstić information content (AvgIpc) is 2.27. The highest BCUT2D eigenvalue weighted by atomic mass is 16.5. The molecule has 1 amide bonds. The Labute approximate surface area is 102 Å². The van der Waals surface area contributed by atoms with Crippen molar-refractivity contribution in [3.63, 3.8) is 0 Å². The normalized spacial score (nSPS) is 11.5. The van der Waals surface area contributed by atoms with Crippen LogP contribution in [0.4, 0.5) is 0 Å². The Bertz CT molecular complexity index is 422. The molecule has 0 unspecified atom stereocenters. The Morgan fingerprint density at radius 2 is 2.00 bits per heavy atom. The maximum absolute atomic E-state index is 11.6. The molecule has 92 valence electrons. The van der Waals surface area contributed by atoms with Gasteiger partial charge in [0.25, 0.3) is 0 Å². The average molecular weight is 233 g/mol. The highest BCUT2D eigenvalue weighted by molar-refractivity contribution is 5.95. The first-order valence-corrected chi connectivity index (χ1v) is 5.66. The van der Waals surface area contributed by atoms with Crippen LogP contribution < -0.4 is 10.1 Å². The number of nitrogens with one attached hydrogen (secondary N) is 1. The molecule has 0 fully saturated rings. The number of hydrogen-bond donors (Lipinski definition) is 1. The number of methoxy groups -OCH3 is 1. The fourth-order valence-corrected chi connectivity index (χ4v) is 1.57. The maximum Gasteiger partial charge on any atom is 0.244 e. The molecule has 0 aliphatic carbocycles. The van der Waals surface area contributed by atoms with Crippen LogP contribution >= 0.6 is 0 Å². The molecule has 0 saturated heterocycles. The van der Waals surface area contributed by atoms with Crippen molar-refractivity contribution in [1.29, 1.82) is 0 Å². The summed E-state index contributed by atoms with van der Waals surface area (Å²) in [5.74, 6) is 0.696. The van der Waals surface area contributed by atoms with Gasteiger partial charge in [0.15, 0.2) is 0 Å². The summed E-state index contributed by atoms with van der Waals surface area (Å²) in [5.41, 5.74) is 1.83. The summed E-state index contributed by atoms with van der Waals surface area (Å²) in [6, 6.07) is 7.80. The fraction of sp³-hybridized carbons (Fsp3) is 0.357. The van der Waals surface area contributed by atoms with Crippen molar-refractivity contribution in [1.82, 2.24) is 5.32 Å². The van der Waals surface area contributed by atoms with Crippen molar-refractivity contribution in [2.24, 2.45) is 0 Å². The van der Waals surface area contributed by atoms with Crippen LogP contribution in [0.25, 0.3) is 5.57 Å².